The molecule has 0 atom stereocenters. The Hall–Kier alpha value is -2.37. The number of carbonyl (C=O) groups excluding carboxylic acids is 2. The molecule has 1 saturated carbocycles. The SMILES string of the molecule is CC1CCN(C(=O)c2ccc3c(c2)nc2n3CCN(C3CCCCC3)C2=O)CC1. The van der Waals surface area contributed by atoms with Gasteiger partial charge in [0.1, 0.15) is 0 Å². The number of likely N-dealkylation sites (tertiary alicyclic amines) is 1. The summed E-state index contributed by atoms with van der Waals surface area (Å²) >= 11 is 0. The fourth-order valence-corrected chi connectivity index (χ4v) is 5.23. The third-order valence-electron chi connectivity index (χ3n) is 7.10. The second kappa shape index (κ2) is 7.47. The quantitative estimate of drug-likeness (QED) is 0.780. The fourth-order valence-electron chi connectivity index (χ4n) is 5.23. The Morgan fingerprint density at radius 3 is 2.52 bits per heavy atom. The largest absolute Gasteiger partial charge is 0.339 e. The minimum Gasteiger partial charge on any atom is -0.339 e. The minimum absolute atomic E-state index is 0.0530. The predicted octanol–water partition coefficient (Wildman–Crippen LogP) is 3.70. The lowest BCUT2D eigenvalue weighted by Gasteiger charge is -2.36. The van der Waals surface area contributed by atoms with Crippen LogP contribution in [0.5, 0.6) is 0 Å². The van der Waals surface area contributed by atoms with Gasteiger partial charge in [-0.05, 0) is 49.8 Å². The van der Waals surface area contributed by atoms with Gasteiger partial charge in [0.2, 0.25) is 0 Å². The maximum Gasteiger partial charge on any atom is 0.290 e. The molecule has 6 heteroatoms. The molecule has 2 amide bonds. The van der Waals surface area contributed by atoms with Gasteiger partial charge in [-0.2, -0.15) is 0 Å². The summed E-state index contributed by atoms with van der Waals surface area (Å²) < 4.78 is 2.04. The third kappa shape index (κ3) is 3.32. The molecule has 1 aromatic heterocycles. The van der Waals surface area contributed by atoms with E-state index in [0.29, 0.717) is 23.3 Å². The fraction of sp³-hybridized carbons (Fsp3) is 0.609. The zero-order valence-corrected chi connectivity index (χ0v) is 17.3. The van der Waals surface area contributed by atoms with E-state index in [2.05, 4.69) is 11.9 Å². The summed E-state index contributed by atoms with van der Waals surface area (Å²) in [5.74, 6) is 1.37. The lowest BCUT2D eigenvalue weighted by molar-refractivity contribution is 0.0565. The number of piperidine rings is 1. The molecule has 2 aromatic rings. The second-order valence-corrected chi connectivity index (χ2v) is 9.06. The number of imidazole rings is 1. The number of carbonyl (C=O) groups is 2. The van der Waals surface area contributed by atoms with Gasteiger partial charge >= 0.3 is 0 Å². The summed E-state index contributed by atoms with van der Waals surface area (Å²) in [5.41, 5.74) is 2.40. The molecule has 2 aliphatic heterocycles. The van der Waals surface area contributed by atoms with Crippen LogP contribution >= 0.6 is 0 Å². The molecule has 0 N–H and O–H groups in total. The molecule has 1 aliphatic carbocycles. The molecule has 29 heavy (non-hydrogen) atoms. The molecule has 6 nitrogen and oxygen atoms in total. The van der Waals surface area contributed by atoms with Crippen molar-refractivity contribution in [3.63, 3.8) is 0 Å². The molecule has 3 aliphatic rings. The average molecular weight is 395 g/mol. The highest BCUT2D eigenvalue weighted by atomic mass is 16.2. The van der Waals surface area contributed by atoms with Crippen LogP contribution in [-0.2, 0) is 6.54 Å². The van der Waals surface area contributed by atoms with Crippen LogP contribution in [0.3, 0.4) is 0 Å². The standard InChI is InChI=1S/C23H30N4O2/c1-16-9-11-25(12-10-16)22(28)17-7-8-20-19(15-17)24-21-23(29)26(13-14-27(20)21)18-5-3-2-4-6-18/h7-8,15-16,18H,2-6,9-14H2,1H3. The Morgan fingerprint density at radius 1 is 1.00 bits per heavy atom. The Balaban J connectivity index is 1.41. The Bertz CT molecular complexity index is 936. The van der Waals surface area contributed by atoms with Crippen molar-refractivity contribution < 1.29 is 9.59 Å². The van der Waals surface area contributed by atoms with Crippen molar-refractivity contribution in [2.75, 3.05) is 19.6 Å². The molecular formula is C23H30N4O2. The minimum atomic E-state index is 0.0530. The molecule has 1 saturated heterocycles. The van der Waals surface area contributed by atoms with E-state index in [4.69, 9.17) is 0 Å². The molecule has 1 aromatic carbocycles. The van der Waals surface area contributed by atoms with Crippen molar-refractivity contribution >= 4 is 22.8 Å². The maximum atomic E-state index is 13.1. The van der Waals surface area contributed by atoms with Crippen LogP contribution in [0, 0.1) is 5.92 Å². The summed E-state index contributed by atoms with van der Waals surface area (Å²) in [4.78, 5) is 34.8. The number of rotatable bonds is 2. The van der Waals surface area contributed by atoms with Crippen LogP contribution in [0.15, 0.2) is 18.2 Å². The maximum absolute atomic E-state index is 13.1. The van der Waals surface area contributed by atoms with Crippen LogP contribution in [0.2, 0.25) is 0 Å². The lowest BCUT2D eigenvalue weighted by Crippen LogP contribution is -2.47. The zero-order chi connectivity index (χ0) is 20.0. The smallest absolute Gasteiger partial charge is 0.290 e. The number of amides is 2. The summed E-state index contributed by atoms with van der Waals surface area (Å²) in [6, 6.07) is 6.10. The number of hydrogen-bond acceptors (Lipinski definition) is 3. The summed E-state index contributed by atoms with van der Waals surface area (Å²) in [5, 5.41) is 0. The number of fused-ring (bicyclic) bond motifs is 3. The Labute approximate surface area is 171 Å². The first-order chi connectivity index (χ1) is 14.1. The normalized spacial score (nSPS) is 21.6. The van der Waals surface area contributed by atoms with Crippen molar-refractivity contribution in [3.8, 4) is 0 Å². The molecule has 5 rings (SSSR count). The van der Waals surface area contributed by atoms with Gasteiger partial charge in [0.25, 0.3) is 11.8 Å². The number of hydrogen-bond donors (Lipinski definition) is 0. The van der Waals surface area contributed by atoms with Gasteiger partial charge in [-0.1, -0.05) is 26.2 Å². The monoisotopic (exact) mass is 394 g/mol. The van der Waals surface area contributed by atoms with E-state index in [1.54, 1.807) is 0 Å². The van der Waals surface area contributed by atoms with Crippen LogP contribution in [0.1, 0.15) is 72.8 Å². The van der Waals surface area contributed by atoms with E-state index in [1.807, 2.05) is 32.6 Å². The van der Waals surface area contributed by atoms with Crippen molar-refractivity contribution in [2.24, 2.45) is 5.92 Å². The van der Waals surface area contributed by atoms with E-state index in [9.17, 15) is 9.59 Å². The van der Waals surface area contributed by atoms with Gasteiger partial charge in [0, 0.05) is 37.8 Å². The van der Waals surface area contributed by atoms with E-state index in [0.717, 1.165) is 62.9 Å². The van der Waals surface area contributed by atoms with Crippen LogP contribution in [-0.4, -0.2) is 56.8 Å². The molecule has 2 fully saturated rings. The molecular weight excluding hydrogens is 364 g/mol. The topological polar surface area (TPSA) is 58.4 Å². The van der Waals surface area contributed by atoms with Gasteiger partial charge in [0.05, 0.1) is 11.0 Å². The first kappa shape index (κ1) is 18.6. The van der Waals surface area contributed by atoms with Gasteiger partial charge in [-0.3, -0.25) is 9.59 Å². The molecule has 3 heterocycles. The highest BCUT2D eigenvalue weighted by molar-refractivity contribution is 6.00. The zero-order valence-electron chi connectivity index (χ0n) is 17.3. The van der Waals surface area contributed by atoms with E-state index < -0.39 is 0 Å². The van der Waals surface area contributed by atoms with E-state index in [1.165, 1.54) is 19.3 Å². The number of benzene rings is 1. The molecule has 0 unspecified atom stereocenters. The molecule has 0 spiro atoms. The van der Waals surface area contributed by atoms with Gasteiger partial charge < -0.3 is 14.4 Å². The highest BCUT2D eigenvalue weighted by Gasteiger charge is 2.33. The van der Waals surface area contributed by atoms with Gasteiger partial charge in [-0.15, -0.1) is 0 Å². The van der Waals surface area contributed by atoms with Crippen LogP contribution in [0.4, 0.5) is 0 Å². The summed E-state index contributed by atoms with van der Waals surface area (Å²) in [6.07, 6.45) is 8.07. The second-order valence-electron chi connectivity index (χ2n) is 9.06. The van der Waals surface area contributed by atoms with Gasteiger partial charge in [-0.25, -0.2) is 4.98 Å². The first-order valence-corrected chi connectivity index (χ1v) is 11.2. The Kier molecular flexibility index (Phi) is 4.80. The number of nitrogens with zero attached hydrogens (tertiary/aromatic N) is 4. The van der Waals surface area contributed by atoms with Crippen molar-refractivity contribution in [1.29, 1.82) is 0 Å². The molecule has 154 valence electrons. The van der Waals surface area contributed by atoms with Crippen molar-refractivity contribution in [2.45, 2.75) is 64.5 Å². The van der Waals surface area contributed by atoms with Gasteiger partial charge in [0.15, 0.2) is 5.82 Å². The predicted molar refractivity (Wildman–Crippen MR) is 112 cm³/mol. The highest BCUT2D eigenvalue weighted by Crippen LogP contribution is 2.28. The first-order valence-electron chi connectivity index (χ1n) is 11.2. The van der Waals surface area contributed by atoms with Crippen LogP contribution in [0.25, 0.3) is 11.0 Å². The van der Waals surface area contributed by atoms with Crippen molar-refractivity contribution in [3.05, 3.63) is 29.6 Å². The van der Waals surface area contributed by atoms with Crippen molar-refractivity contribution in [1.82, 2.24) is 19.4 Å². The van der Waals surface area contributed by atoms with Crippen LogP contribution < -0.4 is 0 Å². The third-order valence-corrected chi connectivity index (χ3v) is 7.10. The Morgan fingerprint density at radius 2 is 1.76 bits per heavy atom. The van der Waals surface area contributed by atoms with E-state index >= 15 is 0 Å². The number of aromatic nitrogens is 2. The molecule has 0 radical (unpaired) electrons. The summed E-state index contributed by atoms with van der Waals surface area (Å²) in [6.45, 7) is 5.44. The molecule has 0 bridgehead atoms. The summed E-state index contributed by atoms with van der Waals surface area (Å²) in [7, 11) is 0. The van der Waals surface area contributed by atoms with E-state index in [-0.39, 0.29) is 11.8 Å². The lowest BCUT2D eigenvalue weighted by atomic mass is 9.94. The average Bonchev–Trinajstić information content (AvgIpc) is 3.13.